The van der Waals surface area contributed by atoms with Crippen LogP contribution in [0, 0.1) is 5.92 Å². The fourth-order valence-corrected chi connectivity index (χ4v) is 7.18. The molecule has 6 aromatic rings. The van der Waals surface area contributed by atoms with E-state index in [1.54, 1.807) is 19.8 Å². The van der Waals surface area contributed by atoms with E-state index >= 15 is 0 Å². The molecule has 0 saturated carbocycles. The number of hydrogen-bond donors (Lipinski definition) is 2. The monoisotopic (exact) mass is 655 g/mol. The third kappa shape index (κ3) is 5.73. The Morgan fingerprint density at radius 3 is 2.04 bits per heavy atom. The molecule has 7 rings (SSSR count). The molecule has 9 nitrogen and oxygen atoms in total. The Morgan fingerprint density at radius 2 is 1.45 bits per heavy atom. The number of hydrogen-bond acceptors (Lipinski definition) is 8. The first-order valence-corrected chi connectivity index (χ1v) is 16.7. The van der Waals surface area contributed by atoms with Crippen molar-refractivity contribution >= 4 is 17.0 Å². The summed E-state index contributed by atoms with van der Waals surface area (Å²) in [7, 11) is 1.67. The Morgan fingerprint density at radius 1 is 0.837 bits per heavy atom. The first-order chi connectivity index (χ1) is 24.0. The second kappa shape index (κ2) is 13.8. The molecule has 0 amide bonds. The average Bonchev–Trinajstić information content (AvgIpc) is 3.72. The molecular weight excluding hydrogens is 614 g/mol. The van der Waals surface area contributed by atoms with Gasteiger partial charge < -0.3 is 24.6 Å². The highest BCUT2D eigenvalue weighted by Gasteiger charge is 2.56. The fourth-order valence-electron chi connectivity index (χ4n) is 7.18. The van der Waals surface area contributed by atoms with Gasteiger partial charge in [0.25, 0.3) is 0 Å². The van der Waals surface area contributed by atoms with Crippen LogP contribution in [0.1, 0.15) is 48.8 Å². The van der Waals surface area contributed by atoms with Crippen LogP contribution in [-0.4, -0.2) is 50.0 Å². The molecule has 9 heteroatoms. The third-order valence-corrected chi connectivity index (χ3v) is 9.90. The van der Waals surface area contributed by atoms with Crippen molar-refractivity contribution in [3.63, 3.8) is 0 Å². The van der Waals surface area contributed by atoms with E-state index in [1.807, 2.05) is 83.4 Å². The lowest BCUT2D eigenvalue weighted by Gasteiger charge is -2.37. The minimum Gasteiger partial charge on any atom is -0.497 e. The van der Waals surface area contributed by atoms with Crippen LogP contribution in [0.5, 0.6) is 5.75 Å². The first-order valence-electron chi connectivity index (χ1n) is 16.7. The summed E-state index contributed by atoms with van der Waals surface area (Å²) < 4.78 is 20.8. The second-order valence-corrected chi connectivity index (χ2v) is 12.5. The molecule has 0 bridgehead atoms. The van der Waals surface area contributed by atoms with Gasteiger partial charge in [-0.3, -0.25) is 4.57 Å². The normalized spacial score (nSPS) is 20.8. The number of nitrogens with one attached hydrogen (secondary N) is 1. The fraction of sp³-hybridized carbons (Fsp3) is 0.275. The number of aromatic nitrogens is 4. The molecule has 1 aliphatic rings. The zero-order valence-electron chi connectivity index (χ0n) is 27.9. The van der Waals surface area contributed by atoms with Crippen molar-refractivity contribution < 1.29 is 19.3 Å². The maximum atomic E-state index is 11.0. The largest absolute Gasteiger partial charge is 0.497 e. The number of nitrogens with zero attached hydrogens (tertiary/aromatic N) is 4. The molecule has 1 fully saturated rings. The van der Waals surface area contributed by atoms with E-state index in [9.17, 15) is 5.11 Å². The molecule has 3 heterocycles. The van der Waals surface area contributed by atoms with E-state index in [0.717, 1.165) is 34.4 Å². The standard InChI is InChI=1S/C40H41N5O4/c1-4-34-28(2)39(25-46,48-24-29-14-8-5-9-15-29)38(49-34)45-27-43-35-36(41-26-42-37(35)45)44-40(30-16-10-6-11-17-30,31-18-12-7-13-19-31)32-20-22-33(47-3)23-21-32/h5-23,26-28,34,38,46H,4,24-25H2,1-3H3,(H,41,42,44)/t28-,34-,38-,39-/m1/s1. The highest BCUT2D eigenvalue weighted by molar-refractivity contribution is 5.84. The van der Waals surface area contributed by atoms with Gasteiger partial charge in [-0.15, -0.1) is 0 Å². The number of ether oxygens (including phenoxy) is 3. The van der Waals surface area contributed by atoms with Crippen molar-refractivity contribution in [2.45, 2.75) is 50.3 Å². The lowest BCUT2D eigenvalue weighted by Crippen LogP contribution is -2.47. The van der Waals surface area contributed by atoms with Crippen LogP contribution in [0.3, 0.4) is 0 Å². The molecule has 4 atom stereocenters. The summed E-state index contributed by atoms with van der Waals surface area (Å²) in [4.78, 5) is 14.4. The number of aliphatic hydroxyl groups is 1. The lowest BCUT2D eigenvalue weighted by atomic mass is 9.77. The van der Waals surface area contributed by atoms with Crippen molar-refractivity contribution in [3.8, 4) is 5.75 Å². The molecule has 1 aliphatic heterocycles. The Kier molecular flexibility index (Phi) is 9.14. The summed E-state index contributed by atoms with van der Waals surface area (Å²) in [5.74, 6) is 1.21. The number of imidazole rings is 1. The summed E-state index contributed by atoms with van der Waals surface area (Å²) in [5.41, 5.74) is 3.28. The van der Waals surface area contributed by atoms with E-state index < -0.39 is 17.4 Å². The maximum absolute atomic E-state index is 11.0. The predicted molar refractivity (Wildman–Crippen MR) is 189 cm³/mol. The lowest BCUT2D eigenvalue weighted by molar-refractivity contribution is -0.163. The van der Waals surface area contributed by atoms with E-state index in [0.29, 0.717) is 23.6 Å². The SMILES string of the molecule is CC[C@H]1O[C@@H](n2cnc3c(NC(c4ccccc4)(c4ccccc4)c4ccc(OC)cc4)ncnc32)[C@](CO)(OCc2ccccc2)[C@@H]1C. The van der Waals surface area contributed by atoms with E-state index in [2.05, 4.69) is 55.6 Å². The highest BCUT2D eigenvalue weighted by atomic mass is 16.6. The van der Waals surface area contributed by atoms with Crippen LogP contribution < -0.4 is 10.1 Å². The predicted octanol–water partition coefficient (Wildman–Crippen LogP) is 7.13. The Bertz CT molecular complexity index is 1930. The number of benzene rings is 4. The highest BCUT2D eigenvalue weighted by Crippen LogP contribution is 2.48. The second-order valence-electron chi connectivity index (χ2n) is 12.5. The van der Waals surface area contributed by atoms with Gasteiger partial charge in [0.1, 0.15) is 23.2 Å². The third-order valence-electron chi connectivity index (χ3n) is 9.90. The molecule has 0 aliphatic carbocycles. The van der Waals surface area contributed by atoms with Gasteiger partial charge in [0.2, 0.25) is 0 Å². The van der Waals surface area contributed by atoms with Gasteiger partial charge in [-0.25, -0.2) is 15.0 Å². The number of methoxy groups -OCH3 is 1. The van der Waals surface area contributed by atoms with Gasteiger partial charge >= 0.3 is 0 Å². The van der Waals surface area contributed by atoms with Gasteiger partial charge in [0.15, 0.2) is 23.2 Å². The summed E-state index contributed by atoms with van der Waals surface area (Å²) in [6, 6.07) is 38.7. The number of rotatable bonds is 12. The van der Waals surface area contributed by atoms with E-state index in [1.165, 1.54) is 0 Å². The number of anilines is 1. The van der Waals surface area contributed by atoms with Gasteiger partial charge in [0, 0.05) is 5.92 Å². The molecule has 49 heavy (non-hydrogen) atoms. The Balaban J connectivity index is 1.35. The molecule has 2 N–H and O–H groups in total. The molecule has 0 unspecified atom stereocenters. The summed E-state index contributed by atoms with van der Waals surface area (Å²) in [5, 5.41) is 14.9. The van der Waals surface area contributed by atoms with Crippen LogP contribution >= 0.6 is 0 Å². The average molecular weight is 656 g/mol. The Hall–Kier alpha value is -5.09. The van der Waals surface area contributed by atoms with Crippen molar-refractivity contribution in [2.24, 2.45) is 5.92 Å². The Labute approximate surface area is 286 Å². The molecule has 4 aromatic carbocycles. The van der Waals surface area contributed by atoms with Crippen LogP contribution in [0.4, 0.5) is 5.82 Å². The van der Waals surface area contributed by atoms with Crippen molar-refractivity contribution in [3.05, 3.63) is 150 Å². The van der Waals surface area contributed by atoms with Crippen molar-refractivity contribution in [2.75, 3.05) is 19.0 Å². The maximum Gasteiger partial charge on any atom is 0.168 e. The van der Waals surface area contributed by atoms with Gasteiger partial charge in [0.05, 0.1) is 32.8 Å². The molecule has 1 saturated heterocycles. The van der Waals surface area contributed by atoms with Crippen LogP contribution in [0.2, 0.25) is 0 Å². The minimum absolute atomic E-state index is 0.105. The summed E-state index contributed by atoms with van der Waals surface area (Å²) in [6.07, 6.45) is 3.21. The zero-order chi connectivity index (χ0) is 33.8. The first kappa shape index (κ1) is 32.5. The number of aliphatic hydroxyl groups excluding tert-OH is 1. The topological polar surface area (TPSA) is 104 Å². The van der Waals surface area contributed by atoms with Crippen molar-refractivity contribution in [1.29, 1.82) is 0 Å². The quantitative estimate of drug-likeness (QED) is 0.134. The van der Waals surface area contributed by atoms with E-state index in [-0.39, 0.29) is 18.6 Å². The van der Waals surface area contributed by atoms with Crippen LogP contribution in [0.25, 0.3) is 11.2 Å². The minimum atomic E-state index is -1.04. The van der Waals surface area contributed by atoms with E-state index in [4.69, 9.17) is 29.2 Å². The summed E-state index contributed by atoms with van der Waals surface area (Å²) in [6.45, 7) is 4.26. The molecule has 0 radical (unpaired) electrons. The smallest absolute Gasteiger partial charge is 0.168 e. The molecular formula is C40H41N5O4. The van der Waals surface area contributed by atoms with Crippen LogP contribution in [0.15, 0.2) is 128 Å². The molecule has 0 spiro atoms. The number of fused-ring (bicyclic) bond motifs is 1. The zero-order valence-corrected chi connectivity index (χ0v) is 27.9. The van der Waals surface area contributed by atoms with Crippen LogP contribution in [-0.2, 0) is 21.6 Å². The molecule has 2 aromatic heterocycles. The summed E-state index contributed by atoms with van der Waals surface area (Å²) >= 11 is 0. The van der Waals surface area contributed by atoms with Gasteiger partial charge in [-0.2, -0.15) is 0 Å². The van der Waals surface area contributed by atoms with Gasteiger partial charge in [-0.05, 0) is 40.8 Å². The van der Waals surface area contributed by atoms with Gasteiger partial charge in [-0.1, -0.05) is 117 Å². The molecule has 250 valence electrons. The van der Waals surface area contributed by atoms with Crippen molar-refractivity contribution in [1.82, 2.24) is 19.5 Å².